The molecule has 0 aliphatic rings. The summed E-state index contributed by atoms with van der Waals surface area (Å²) in [4.78, 5) is 12.5. The van der Waals surface area contributed by atoms with E-state index in [2.05, 4.69) is 5.32 Å². The Bertz CT molecular complexity index is 655. The standard InChI is InChI=1S/C19H22ClNO2/c1-4-17(23-18-8-6-5-7-16(18)20)19(22)21-14(3)15-11-9-13(2)10-12-15/h5-12,14,17H,4H2,1-3H3,(H,21,22)/t14-,17+/m1/s1. The van der Waals surface area contributed by atoms with Gasteiger partial charge in [-0.15, -0.1) is 0 Å². The summed E-state index contributed by atoms with van der Waals surface area (Å²) in [7, 11) is 0. The van der Waals surface area contributed by atoms with Crippen molar-refractivity contribution in [2.24, 2.45) is 0 Å². The lowest BCUT2D eigenvalue weighted by atomic mass is 10.1. The molecule has 0 saturated carbocycles. The van der Waals surface area contributed by atoms with Crippen LogP contribution in [-0.2, 0) is 4.79 Å². The van der Waals surface area contributed by atoms with Crippen LogP contribution in [-0.4, -0.2) is 12.0 Å². The number of nitrogens with one attached hydrogen (secondary N) is 1. The third-order valence-corrected chi connectivity index (χ3v) is 4.02. The quantitative estimate of drug-likeness (QED) is 0.834. The largest absolute Gasteiger partial charge is 0.479 e. The predicted octanol–water partition coefficient (Wildman–Crippen LogP) is 4.68. The van der Waals surface area contributed by atoms with Gasteiger partial charge in [0.15, 0.2) is 6.10 Å². The number of ether oxygens (including phenoxy) is 1. The highest BCUT2D eigenvalue weighted by Gasteiger charge is 2.21. The van der Waals surface area contributed by atoms with Crippen molar-refractivity contribution in [3.8, 4) is 5.75 Å². The van der Waals surface area contributed by atoms with Gasteiger partial charge < -0.3 is 10.1 Å². The molecule has 0 fully saturated rings. The molecule has 1 N–H and O–H groups in total. The first kappa shape index (κ1) is 17.4. The van der Waals surface area contributed by atoms with Crippen molar-refractivity contribution < 1.29 is 9.53 Å². The molecule has 0 heterocycles. The topological polar surface area (TPSA) is 38.3 Å². The van der Waals surface area contributed by atoms with Crippen LogP contribution in [0.3, 0.4) is 0 Å². The number of benzene rings is 2. The second-order valence-electron chi connectivity index (χ2n) is 5.59. The third-order valence-electron chi connectivity index (χ3n) is 3.71. The van der Waals surface area contributed by atoms with E-state index in [1.807, 2.05) is 57.2 Å². The van der Waals surface area contributed by atoms with Gasteiger partial charge in [0.05, 0.1) is 11.1 Å². The minimum absolute atomic E-state index is 0.0769. The SMILES string of the molecule is CC[C@H](Oc1ccccc1Cl)C(=O)N[C@H](C)c1ccc(C)cc1. The van der Waals surface area contributed by atoms with Gasteiger partial charge in [-0.3, -0.25) is 4.79 Å². The molecule has 2 rings (SSSR count). The summed E-state index contributed by atoms with van der Waals surface area (Å²) < 4.78 is 5.77. The Balaban J connectivity index is 2.02. The van der Waals surface area contributed by atoms with Crippen molar-refractivity contribution in [3.63, 3.8) is 0 Å². The number of rotatable bonds is 6. The van der Waals surface area contributed by atoms with Crippen molar-refractivity contribution >= 4 is 17.5 Å². The zero-order valence-electron chi connectivity index (χ0n) is 13.7. The average molecular weight is 332 g/mol. The first-order valence-electron chi connectivity index (χ1n) is 7.79. The van der Waals surface area contributed by atoms with E-state index in [1.165, 1.54) is 5.56 Å². The second-order valence-corrected chi connectivity index (χ2v) is 5.99. The van der Waals surface area contributed by atoms with Gasteiger partial charge in [0.25, 0.3) is 5.91 Å². The molecular formula is C19H22ClNO2. The molecule has 3 nitrogen and oxygen atoms in total. The third kappa shape index (κ3) is 4.73. The molecule has 0 aliphatic carbocycles. The molecule has 122 valence electrons. The highest BCUT2D eigenvalue weighted by molar-refractivity contribution is 6.32. The van der Waals surface area contributed by atoms with E-state index in [1.54, 1.807) is 12.1 Å². The molecule has 23 heavy (non-hydrogen) atoms. The molecule has 4 heteroatoms. The van der Waals surface area contributed by atoms with E-state index in [9.17, 15) is 4.79 Å². The Kier molecular flexibility index (Phi) is 6.05. The number of amides is 1. The zero-order chi connectivity index (χ0) is 16.8. The van der Waals surface area contributed by atoms with Crippen LogP contribution in [0.4, 0.5) is 0 Å². The van der Waals surface area contributed by atoms with Gasteiger partial charge >= 0.3 is 0 Å². The van der Waals surface area contributed by atoms with Crippen LogP contribution in [0, 0.1) is 6.92 Å². The number of halogens is 1. The lowest BCUT2D eigenvalue weighted by molar-refractivity contribution is -0.128. The van der Waals surface area contributed by atoms with E-state index in [0.29, 0.717) is 17.2 Å². The fraction of sp³-hybridized carbons (Fsp3) is 0.316. The summed E-state index contributed by atoms with van der Waals surface area (Å²) in [6.07, 6.45) is 0.000284. The smallest absolute Gasteiger partial charge is 0.261 e. The molecular weight excluding hydrogens is 310 g/mol. The summed E-state index contributed by atoms with van der Waals surface area (Å²) in [6.45, 7) is 5.92. The maximum Gasteiger partial charge on any atom is 0.261 e. The maximum absolute atomic E-state index is 12.5. The molecule has 0 spiro atoms. The fourth-order valence-electron chi connectivity index (χ4n) is 2.26. The summed E-state index contributed by atoms with van der Waals surface area (Å²) in [5.41, 5.74) is 2.26. The van der Waals surface area contributed by atoms with Gasteiger partial charge in [-0.05, 0) is 38.0 Å². The monoisotopic (exact) mass is 331 g/mol. The first-order valence-corrected chi connectivity index (χ1v) is 8.17. The predicted molar refractivity (Wildman–Crippen MR) is 93.9 cm³/mol. The number of hydrogen-bond acceptors (Lipinski definition) is 2. The van der Waals surface area contributed by atoms with Gasteiger partial charge in [0.2, 0.25) is 0 Å². The minimum Gasteiger partial charge on any atom is -0.479 e. The Morgan fingerprint density at radius 2 is 1.83 bits per heavy atom. The molecule has 0 aromatic heterocycles. The highest BCUT2D eigenvalue weighted by Crippen LogP contribution is 2.25. The molecule has 0 bridgehead atoms. The second kappa shape index (κ2) is 8.02. The van der Waals surface area contributed by atoms with E-state index in [0.717, 1.165) is 5.56 Å². The zero-order valence-corrected chi connectivity index (χ0v) is 14.4. The molecule has 2 aromatic carbocycles. The fourth-order valence-corrected chi connectivity index (χ4v) is 2.44. The Morgan fingerprint density at radius 1 is 1.17 bits per heavy atom. The van der Waals surface area contributed by atoms with Gasteiger partial charge in [-0.25, -0.2) is 0 Å². The van der Waals surface area contributed by atoms with Crippen LogP contribution in [0.15, 0.2) is 48.5 Å². The summed E-state index contributed by atoms with van der Waals surface area (Å²) in [5, 5.41) is 3.50. The van der Waals surface area contributed by atoms with Crippen molar-refractivity contribution in [1.29, 1.82) is 0 Å². The van der Waals surface area contributed by atoms with Gasteiger partial charge in [0.1, 0.15) is 5.75 Å². The normalized spacial score (nSPS) is 13.2. The molecule has 2 aromatic rings. The Labute approximate surface area is 142 Å². The number of carbonyl (C=O) groups excluding carboxylic acids is 1. The van der Waals surface area contributed by atoms with Crippen molar-refractivity contribution in [2.75, 3.05) is 0 Å². The molecule has 0 aliphatic heterocycles. The number of carbonyl (C=O) groups is 1. The van der Waals surface area contributed by atoms with Crippen LogP contribution < -0.4 is 10.1 Å². The Hall–Kier alpha value is -2.00. The van der Waals surface area contributed by atoms with Crippen molar-refractivity contribution in [2.45, 2.75) is 39.3 Å². The van der Waals surface area contributed by atoms with E-state index < -0.39 is 6.10 Å². The highest BCUT2D eigenvalue weighted by atomic mass is 35.5. The maximum atomic E-state index is 12.5. The van der Waals surface area contributed by atoms with E-state index >= 15 is 0 Å². The average Bonchev–Trinajstić information content (AvgIpc) is 2.54. The van der Waals surface area contributed by atoms with E-state index in [4.69, 9.17) is 16.3 Å². The summed E-state index contributed by atoms with van der Waals surface area (Å²) >= 11 is 6.09. The molecule has 0 radical (unpaired) electrons. The Morgan fingerprint density at radius 3 is 2.43 bits per heavy atom. The molecule has 0 unspecified atom stereocenters. The summed E-state index contributed by atoms with van der Waals surface area (Å²) in [6, 6.07) is 15.2. The number of aryl methyl sites for hydroxylation is 1. The van der Waals surface area contributed by atoms with Gasteiger partial charge in [0, 0.05) is 0 Å². The lowest BCUT2D eigenvalue weighted by Gasteiger charge is -2.21. The van der Waals surface area contributed by atoms with Gasteiger partial charge in [-0.2, -0.15) is 0 Å². The molecule has 1 amide bonds. The summed E-state index contributed by atoms with van der Waals surface area (Å²) in [5.74, 6) is 0.389. The van der Waals surface area contributed by atoms with Crippen LogP contribution in [0.5, 0.6) is 5.75 Å². The van der Waals surface area contributed by atoms with E-state index in [-0.39, 0.29) is 11.9 Å². The molecule has 2 atom stereocenters. The van der Waals surface area contributed by atoms with Crippen LogP contribution in [0.2, 0.25) is 5.02 Å². The van der Waals surface area contributed by atoms with Crippen LogP contribution in [0.1, 0.15) is 37.4 Å². The number of para-hydroxylation sites is 1. The van der Waals surface area contributed by atoms with Crippen molar-refractivity contribution in [1.82, 2.24) is 5.32 Å². The lowest BCUT2D eigenvalue weighted by Crippen LogP contribution is -2.39. The number of hydrogen-bond donors (Lipinski definition) is 1. The van der Waals surface area contributed by atoms with Gasteiger partial charge in [-0.1, -0.05) is 60.5 Å². The van der Waals surface area contributed by atoms with Crippen molar-refractivity contribution in [3.05, 3.63) is 64.7 Å². The first-order chi connectivity index (χ1) is 11.0. The molecule has 0 saturated heterocycles. The minimum atomic E-state index is -0.567. The van der Waals surface area contributed by atoms with Crippen LogP contribution >= 0.6 is 11.6 Å². The van der Waals surface area contributed by atoms with Crippen LogP contribution in [0.25, 0.3) is 0 Å².